The van der Waals surface area contributed by atoms with E-state index in [1.807, 2.05) is 6.92 Å². The molecule has 0 aliphatic rings. The van der Waals surface area contributed by atoms with Gasteiger partial charge in [0.15, 0.2) is 0 Å². The molecule has 1 aromatic carbocycles. The lowest BCUT2D eigenvalue weighted by atomic mass is 10.2. The molecule has 98 valence electrons. The predicted octanol–water partition coefficient (Wildman–Crippen LogP) is 1.77. The van der Waals surface area contributed by atoms with Crippen LogP contribution in [0.4, 0.5) is 11.6 Å². The zero-order valence-corrected chi connectivity index (χ0v) is 10.3. The summed E-state index contributed by atoms with van der Waals surface area (Å²) in [5, 5.41) is 11.8. The van der Waals surface area contributed by atoms with Crippen LogP contribution in [0.15, 0.2) is 35.1 Å². The average Bonchev–Trinajstić information content (AvgIpc) is 2.38. The summed E-state index contributed by atoms with van der Waals surface area (Å²) in [7, 11) is 0. The van der Waals surface area contributed by atoms with Crippen LogP contribution in [0.5, 0.6) is 0 Å². The van der Waals surface area contributed by atoms with Crippen LogP contribution in [0.25, 0.3) is 0 Å². The highest BCUT2D eigenvalue weighted by atomic mass is 16.4. The number of H-pyrrole nitrogens is 1. The summed E-state index contributed by atoms with van der Waals surface area (Å²) < 4.78 is 0. The maximum atomic E-state index is 11.4. The second-order valence-corrected chi connectivity index (χ2v) is 3.95. The number of carboxylic acids is 1. The second kappa shape index (κ2) is 5.34. The van der Waals surface area contributed by atoms with Gasteiger partial charge < -0.3 is 10.4 Å². The summed E-state index contributed by atoms with van der Waals surface area (Å²) in [6.45, 7) is 1.90. The Morgan fingerprint density at radius 3 is 2.89 bits per heavy atom. The van der Waals surface area contributed by atoms with Crippen molar-refractivity contribution in [1.82, 2.24) is 9.97 Å². The molecule has 0 saturated carbocycles. The normalized spacial score (nSPS) is 10.2. The van der Waals surface area contributed by atoms with Gasteiger partial charge in [0, 0.05) is 17.4 Å². The Labute approximate surface area is 109 Å². The summed E-state index contributed by atoms with van der Waals surface area (Å²) in [6, 6.07) is 7.71. The third kappa shape index (κ3) is 3.19. The van der Waals surface area contributed by atoms with E-state index < -0.39 is 5.97 Å². The van der Waals surface area contributed by atoms with Crippen LogP contribution in [0, 0.1) is 0 Å². The van der Waals surface area contributed by atoms with Crippen LogP contribution in [0.2, 0.25) is 0 Å². The maximum absolute atomic E-state index is 11.4. The SMILES string of the molecule is CCc1cc(=O)[nH]c(Nc2cccc(C(=O)O)c2)n1. The highest BCUT2D eigenvalue weighted by molar-refractivity contribution is 5.88. The number of anilines is 2. The minimum Gasteiger partial charge on any atom is -0.478 e. The molecule has 0 atom stereocenters. The van der Waals surface area contributed by atoms with Gasteiger partial charge in [0.1, 0.15) is 0 Å². The number of nitrogens with zero attached hydrogens (tertiary/aromatic N) is 1. The van der Waals surface area contributed by atoms with Crippen molar-refractivity contribution in [3.8, 4) is 0 Å². The lowest BCUT2D eigenvalue weighted by Crippen LogP contribution is -2.11. The highest BCUT2D eigenvalue weighted by Gasteiger charge is 2.05. The summed E-state index contributed by atoms with van der Waals surface area (Å²) in [5.41, 5.74) is 1.14. The summed E-state index contributed by atoms with van der Waals surface area (Å²) in [4.78, 5) is 29.0. The first-order chi connectivity index (χ1) is 9.08. The average molecular weight is 259 g/mol. The van der Waals surface area contributed by atoms with Crippen molar-refractivity contribution in [2.45, 2.75) is 13.3 Å². The van der Waals surface area contributed by atoms with Crippen LogP contribution in [0.1, 0.15) is 23.0 Å². The van der Waals surface area contributed by atoms with E-state index >= 15 is 0 Å². The molecule has 3 N–H and O–H groups in total. The fourth-order valence-corrected chi connectivity index (χ4v) is 1.61. The number of rotatable bonds is 4. The van der Waals surface area contributed by atoms with E-state index in [1.54, 1.807) is 12.1 Å². The lowest BCUT2D eigenvalue weighted by Gasteiger charge is -2.07. The fourth-order valence-electron chi connectivity index (χ4n) is 1.61. The molecular formula is C13H13N3O3. The highest BCUT2D eigenvalue weighted by Crippen LogP contribution is 2.14. The molecular weight excluding hydrogens is 246 g/mol. The first kappa shape index (κ1) is 12.8. The molecule has 0 radical (unpaired) electrons. The van der Waals surface area contributed by atoms with Crippen molar-refractivity contribution in [3.05, 3.63) is 51.9 Å². The number of carbonyl (C=O) groups is 1. The third-order valence-corrected chi connectivity index (χ3v) is 2.53. The molecule has 0 aliphatic heterocycles. The number of aromatic amines is 1. The number of aromatic carboxylic acids is 1. The van der Waals surface area contributed by atoms with Gasteiger partial charge in [-0.15, -0.1) is 0 Å². The van der Waals surface area contributed by atoms with Gasteiger partial charge >= 0.3 is 5.97 Å². The van der Waals surface area contributed by atoms with E-state index in [1.165, 1.54) is 18.2 Å². The Morgan fingerprint density at radius 1 is 1.42 bits per heavy atom. The number of nitrogens with one attached hydrogen (secondary N) is 2. The van der Waals surface area contributed by atoms with Crippen LogP contribution in [0.3, 0.4) is 0 Å². The van der Waals surface area contributed by atoms with E-state index in [0.717, 1.165) is 0 Å². The summed E-state index contributed by atoms with van der Waals surface area (Å²) in [6.07, 6.45) is 0.647. The first-order valence-electron chi connectivity index (χ1n) is 5.79. The molecule has 19 heavy (non-hydrogen) atoms. The summed E-state index contributed by atoms with van der Waals surface area (Å²) in [5.74, 6) is -0.709. The Kier molecular flexibility index (Phi) is 3.61. The zero-order chi connectivity index (χ0) is 13.8. The fraction of sp³-hybridized carbons (Fsp3) is 0.154. The van der Waals surface area contributed by atoms with Gasteiger partial charge in [-0.05, 0) is 24.6 Å². The Morgan fingerprint density at radius 2 is 2.21 bits per heavy atom. The van der Waals surface area contributed by atoms with Crippen LogP contribution < -0.4 is 10.9 Å². The largest absolute Gasteiger partial charge is 0.478 e. The minimum atomic E-state index is -1.01. The van der Waals surface area contributed by atoms with Crippen molar-refractivity contribution >= 4 is 17.6 Å². The number of benzene rings is 1. The van der Waals surface area contributed by atoms with E-state index in [9.17, 15) is 9.59 Å². The number of aromatic nitrogens is 2. The van der Waals surface area contributed by atoms with E-state index in [0.29, 0.717) is 23.8 Å². The van der Waals surface area contributed by atoms with Gasteiger partial charge in [-0.1, -0.05) is 13.0 Å². The molecule has 0 unspecified atom stereocenters. The van der Waals surface area contributed by atoms with Gasteiger partial charge in [-0.2, -0.15) is 0 Å². The van der Waals surface area contributed by atoms with Crippen LogP contribution in [-0.2, 0) is 6.42 Å². The lowest BCUT2D eigenvalue weighted by molar-refractivity contribution is 0.0697. The molecule has 0 spiro atoms. The number of hydrogen-bond acceptors (Lipinski definition) is 4. The molecule has 0 bridgehead atoms. The number of aryl methyl sites for hydroxylation is 1. The molecule has 0 fully saturated rings. The molecule has 2 aromatic rings. The van der Waals surface area contributed by atoms with E-state index in [4.69, 9.17) is 5.11 Å². The molecule has 1 heterocycles. The van der Waals surface area contributed by atoms with E-state index in [2.05, 4.69) is 15.3 Å². The standard InChI is InChI=1S/C13H13N3O3/c1-2-9-7-11(17)16-13(14-9)15-10-5-3-4-8(6-10)12(18)19/h3-7H,2H2,1H3,(H,18,19)(H2,14,15,16,17). The Hall–Kier alpha value is -2.63. The third-order valence-electron chi connectivity index (χ3n) is 2.53. The van der Waals surface area contributed by atoms with Crippen molar-refractivity contribution in [1.29, 1.82) is 0 Å². The maximum Gasteiger partial charge on any atom is 0.335 e. The monoisotopic (exact) mass is 259 g/mol. The first-order valence-corrected chi connectivity index (χ1v) is 5.79. The number of carboxylic acid groups (broad SMARTS) is 1. The molecule has 6 nitrogen and oxygen atoms in total. The topological polar surface area (TPSA) is 95.1 Å². The van der Waals surface area contributed by atoms with Crippen molar-refractivity contribution in [2.24, 2.45) is 0 Å². The Bertz CT molecular complexity index is 664. The van der Waals surface area contributed by atoms with Crippen LogP contribution in [-0.4, -0.2) is 21.0 Å². The molecule has 0 saturated heterocycles. The molecule has 1 aromatic heterocycles. The van der Waals surface area contributed by atoms with Gasteiger partial charge in [0.2, 0.25) is 5.95 Å². The Balaban J connectivity index is 2.30. The van der Waals surface area contributed by atoms with Gasteiger partial charge in [0.05, 0.1) is 5.56 Å². The predicted molar refractivity (Wildman–Crippen MR) is 70.9 cm³/mol. The smallest absolute Gasteiger partial charge is 0.335 e. The minimum absolute atomic E-state index is 0.166. The zero-order valence-electron chi connectivity index (χ0n) is 10.3. The van der Waals surface area contributed by atoms with Crippen molar-refractivity contribution < 1.29 is 9.90 Å². The van der Waals surface area contributed by atoms with Gasteiger partial charge in [-0.25, -0.2) is 9.78 Å². The van der Waals surface area contributed by atoms with Crippen molar-refractivity contribution in [3.63, 3.8) is 0 Å². The number of hydrogen-bond donors (Lipinski definition) is 3. The molecule has 0 aliphatic carbocycles. The molecule has 6 heteroatoms. The van der Waals surface area contributed by atoms with Gasteiger partial charge in [0.25, 0.3) is 5.56 Å². The summed E-state index contributed by atoms with van der Waals surface area (Å²) >= 11 is 0. The van der Waals surface area contributed by atoms with Gasteiger partial charge in [-0.3, -0.25) is 9.78 Å². The van der Waals surface area contributed by atoms with Crippen LogP contribution >= 0.6 is 0 Å². The second-order valence-electron chi connectivity index (χ2n) is 3.95. The molecule has 2 rings (SSSR count). The molecule has 0 amide bonds. The quantitative estimate of drug-likeness (QED) is 0.777. The van der Waals surface area contributed by atoms with E-state index in [-0.39, 0.29) is 11.1 Å². The van der Waals surface area contributed by atoms with Crippen molar-refractivity contribution in [2.75, 3.05) is 5.32 Å².